The van der Waals surface area contributed by atoms with Gasteiger partial charge in [0.2, 0.25) is 17.7 Å². The van der Waals surface area contributed by atoms with Crippen molar-refractivity contribution >= 4 is 178 Å². The van der Waals surface area contributed by atoms with Crippen LogP contribution in [0.5, 0.6) is 0 Å². The molecular formula is C99H90Cl8F7N21O6. The van der Waals surface area contributed by atoms with Crippen LogP contribution in [0.2, 0.25) is 40.2 Å². The van der Waals surface area contributed by atoms with Gasteiger partial charge in [0.05, 0.1) is 132 Å². The van der Waals surface area contributed by atoms with Crippen LogP contribution in [0.3, 0.4) is 0 Å². The largest absolute Gasteiger partial charge is 0.395 e. The summed E-state index contributed by atoms with van der Waals surface area (Å²) < 4.78 is 108. The third-order valence-corrected chi connectivity index (χ3v) is 27.7. The first kappa shape index (κ1) is 105. The minimum absolute atomic E-state index is 0.000731. The first-order valence-corrected chi connectivity index (χ1v) is 46.9. The number of aryl methyl sites for hydroxylation is 3. The summed E-state index contributed by atoms with van der Waals surface area (Å²) in [5.74, 6) is -11.5. The van der Waals surface area contributed by atoms with E-state index >= 15 is 13.2 Å². The smallest absolute Gasteiger partial charge is 0.276 e. The third-order valence-electron chi connectivity index (χ3n) is 24.9. The van der Waals surface area contributed by atoms with Gasteiger partial charge in [0.15, 0.2) is 40.7 Å². The van der Waals surface area contributed by atoms with Gasteiger partial charge < -0.3 is 46.6 Å². The molecule has 0 unspecified atom stereocenters. The number of fused-ring (bicyclic) bond motifs is 3. The number of nitriles is 3. The Kier molecular flexibility index (Phi) is 30.8. The van der Waals surface area contributed by atoms with Gasteiger partial charge in [-0.25, -0.2) is 45.7 Å². The molecule has 15 rings (SSSR count). The summed E-state index contributed by atoms with van der Waals surface area (Å²) in [6.45, 7) is 40.0. The third kappa shape index (κ3) is 18.3. The molecule has 3 aliphatic heterocycles. The molecule has 0 bridgehead atoms. The zero-order chi connectivity index (χ0) is 104. The summed E-state index contributed by atoms with van der Waals surface area (Å²) in [5, 5.41) is 28.6. The molecule has 3 fully saturated rings. The number of rotatable bonds is 15. The lowest BCUT2D eigenvalue weighted by Crippen LogP contribution is -2.58. The average Bonchev–Trinajstić information content (AvgIpc) is 0.725. The Hall–Kier alpha value is -13.1. The van der Waals surface area contributed by atoms with Crippen LogP contribution >= 0.6 is 92.8 Å². The van der Waals surface area contributed by atoms with Gasteiger partial charge in [0.25, 0.3) is 16.7 Å². The van der Waals surface area contributed by atoms with Crippen LogP contribution in [-0.2, 0) is 14.4 Å². The molecule has 3 aliphatic rings. The highest BCUT2D eigenvalue weighted by molar-refractivity contribution is 6.45. The maximum absolute atomic E-state index is 15.6. The van der Waals surface area contributed by atoms with E-state index in [9.17, 15) is 62.1 Å². The zero-order valence-corrected chi connectivity index (χ0v) is 84.4. The number of carbonyl (C=O) groups is 3. The number of pyridine rings is 9. The number of piperazine rings is 3. The number of aromatic nitrogens is 9. The minimum Gasteiger partial charge on any atom is -0.395 e. The van der Waals surface area contributed by atoms with E-state index in [1.54, 1.807) is 77.2 Å². The van der Waals surface area contributed by atoms with Crippen molar-refractivity contribution in [1.82, 2.24) is 58.3 Å². The molecule has 12 heterocycles. The molecule has 6 atom stereocenters. The first-order chi connectivity index (χ1) is 66.5. The van der Waals surface area contributed by atoms with E-state index in [2.05, 4.69) is 57.9 Å². The standard InChI is InChI=1S/2C33H30Cl3F2N7O2.C33H30Cl2F3N7O2/c1-7-21(46)44-16(5)12-43(13-17(44)6)31-18-10-20(34)29(22-23(35)27(40)26(38)24(36)25(22)37)42-32(18)45(33(47)19(31)11-39)30-15(4)8-9-41-28(30)14(2)3;1-7-21(46)44-16(5)12-43(13-17(44)6)31-18-10-20(34)29(22-23(35)24(36)26(38)27(40)25(22)37)42-32(18)45(33(47)19(31)11-39)30-15(4)8-9-41-28(30)14(2)3;1-7-21(46)44-16(5)12-43(13-17(44)6)31-18-10-20(34)29(22-23(35)27(40)26(38)25(37)24(22)36)42-32(18)45(33(47)19(31)11-39)30-15(4)8-9-41-28(30)14(2)3/h3*7-10,14,16-17H,1,12-13,40H2,2-6H3/t3*16-,17+. The van der Waals surface area contributed by atoms with Crippen molar-refractivity contribution in [2.24, 2.45) is 0 Å². The molecule has 0 saturated carbocycles. The highest BCUT2D eigenvalue weighted by atomic mass is 35.5. The van der Waals surface area contributed by atoms with Crippen molar-refractivity contribution in [2.75, 3.05) is 71.2 Å². The van der Waals surface area contributed by atoms with E-state index in [0.29, 0.717) is 50.8 Å². The van der Waals surface area contributed by atoms with Crippen LogP contribution in [0.25, 0.3) is 83.9 Å². The van der Waals surface area contributed by atoms with Crippen molar-refractivity contribution in [3.63, 3.8) is 0 Å². The van der Waals surface area contributed by atoms with Gasteiger partial charge in [-0.3, -0.25) is 57.4 Å². The van der Waals surface area contributed by atoms with Crippen LogP contribution in [-0.4, -0.2) is 152 Å². The van der Waals surface area contributed by atoms with Gasteiger partial charge in [-0.15, -0.1) is 0 Å². The van der Waals surface area contributed by atoms with E-state index in [-0.39, 0.29) is 204 Å². The number of nitrogen functional groups attached to an aromatic ring is 3. The first-order valence-electron chi connectivity index (χ1n) is 43.9. The maximum Gasteiger partial charge on any atom is 0.276 e. The zero-order valence-electron chi connectivity index (χ0n) is 78.4. The molecule has 0 radical (unpaired) electrons. The number of amides is 3. The van der Waals surface area contributed by atoms with Crippen LogP contribution in [0.4, 0.5) is 64.9 Å². The summed E-state index contributed by atoms with van der Waals surface area (Å²) in [7, 11) is 0. The molecule has 9 aromatic heterocycles. The molecule has 6 N–H and O–H groups in total. The number of halogens is 15. The summed E-state index contributed by atoms with van der Waals surface area (Å²) in [5.41, 5.74) is 14.7. The summed E-state index contributed by atoms with van der Waals surface area (Å²) in [4.78, 5) is 120. The molecule has 141 heavy (non-hydrogen) atoms. The number of carbonyl (C=O) groups excluding carboxylic acids is 3. The Bertz CT molecular complexity index is 6860. The number of benzene rings is 3. The van der Waals surface area contributed by atoms with Crippen molar-refractivity contribution in [2.45, 2.75) is 158 Å². The second-order valence-electron chi connectivity index (χ2n) is 35.3. The molecule has 3 saturated heterocycles. The number of hydrogen-bond donors (Lipinski definition) is 3. The molecule has 42 heteroatoms. The number of hydrogen-bond acceptors (Lipinski definition) is 21. The molecule has 27 nitrogen and oxygen atoms in total. The quantitative estimate of drug-likeness (QED) is 0.0282. The predicted molar refractivity (Wildman–Crippen MR) is 540 cm³/mol. The molecule has 3 aromatic carbocycles. The molecule has 3 amide bonds. The Morgan fingerprint density at radius 3 is 0.915 bits per heavy atom. The van der Waals surface area contributed by atoms with E-state index < -0.39 is 122 Å². The second kappa shape index (κ2) is 41.2. The summed E-state index contributed by atoms with van der Waals surface area (Å²) >= 11 is 51.3. The monoisotopic (exact) mass is 2080 g/mol. The van der Waals surface area contributed by atoms with Gasteiger partial charge in [-0.05, 0) is 151 Å². The van der Waals surface area contributed by atoms with Crippen molar-refractivity contribution < 1.29 is 45.1 Å². The van der Waals surface area contributed by atoms with Gasteiger partial charge in [-0.1, -0.05) is 154 Å². The fourth-order valence-electron chi connectivity index (χ4n) is 18.8. The van der Waals surface area contributed by atoms with Crippen molar-refractivity contribution in [3.05, 3.63) is 255 Å². The lowest BCUT2D eigenvalue weighted by atomic mass is 10.0. The predicted octanol–water partition coefficient (Wildman–Crippen LogP) is 21.0. The van der Waals surface area contributed by atoms with Crippen LogP contribution in [0, 0.1) is 95.5 Å². The maximum atomic E-state index is 15.6. The fourth-order valence-corrected chi connectivity index (χ4v) is 20.7. The van der Waals surface area contributed by atoms with E-state index in [0.717, 1.165) is 0 Å². The fraction of sp³-hybridized carbons (Fsp3) is 0.303. The molecular weight excluding hydrogens is 2000 g/mol. The Morgan fingerprint density at radius 2 is 0.645 bits per heavy atom. The molecule has 12 aromatic rings. The van der Waals surface area contributed by atoms with Gasteiger partial charge in [0, 0.05) is 110 Å². The Balaban J connectivity index is 0.000000178. The van der Waals surface area contributed by atoms with Crippen LogP contribution in [0.15, 0.2) is 107 Å². The average molecular weight is 2090 g/mol. The SMILES string of the molecule is C=CC(=O)N1[C@H](C)CN(c2c(C#N)c(=O)n(-c3c(C)ccnc3C(C)C)c3nc(-c4c(F)c(Cl)c(F)c(N)c4Cl)c(Cl)cc23)C[C@@H]1C.C=CC(=O)N1[C@H](C)CN(c2c(C#N)c(=O)n(-c3c(C)ccnc3C(C)C)c3nc(-c4c(F)c(F)c(F)c(N)c4Cl)c(Cl)cc23)C[C@@H]1C.C=CC(=O)N1[C@H](C)CN(c2c(C#N)c(=O)n(-c3c(C)ccnc3C(C)C)c3nc(-c4c(F)c(N)c(F)c(Cl)c4Cl)c(Cl)cc23)C[C@@H]1C. The number of nitrogens with two attached hydrogens (primary N) is 3. The lowest BCUT2D eigenvalue weighted by Gasteiger charge is -2.45. The van der Waals surface area contributed by atoms with Crippen molar-refractivity contribution in [1.29, 1.82) is 15.8 Å². The molecule has 0 spiro atoms. The van der Waals surface area contributed by atoms with Crippen LogP contribution in [0.1, 0.15) is 151 Å². The topological polar surface area (TPSA) is 363 Å². The minimum atomic E-state index is -1.88. The number of nitrogens with zero attached hydrogens (tertiary/aromatic N) is 18. The van der Waals surface area contributed by atoms with E-state index in [4.69, 9.17) is 120 Å². The number of anilines is 6. The Labute approximate surface area is 844 Å². The summed E-state index contributed by atoms with van der Waals surface area (Å²) in [6.07, 6.45) is 8.52. The van der Waals surface area contributed by atoms with Gasteiger partial charge in [-0.2, -0.15) is 15.8 Å². The van der Waals surface area contributed by atoms with Crippen molar-refractivity contribution in [3.8, 4) is 69.0 Å². The van der Waals surface area contributed by atoms with Gasteiger partial charge in [0.1, 0.15) is 62.5 Å². The molecule has 0 aliphatic carbocycles. The normalized spacial score (nSPS) is 16.6. The van der Waals surface area contributed by atoms with E-state index in [1.807, 2.05) is 92.9 Å². The van der Waals surface area contributed by atoms with E-state index in [1.165, 1.54) is 50.1 Å². The molecule has 732 valence electrons. The van der Waals surface area contributed by atoms with Gasteiger partial charge >= 0.3 is 0 Å². The highest BCUT2D eigenvalue weighted by Gasteiger charge is 2.42. The van der Waals surface area contributed by atoms with Crippen LogP contribution < -0.4 is 48.6 Å². The summed E-state index contributed by atoms with van der Waals surface area (Å²) in [6, 6.07) is 13.6. The lowest BCUT2D eigenvalue weighted by molar-refractivity contribution is -0.131. The Morgan fingerprint density at radius 1 is 0.383 bits per heavy atom. The highest BCUT2D eigenvalue weighted by Crippen LogP contribution is 2.50. The second-order valence-corrected chi connectivity index (χ2v) is 38.5.